The van der Waals surface area contributed by atoms with Gasteiger partial charge < -0.3 is 4.90 Å². The van der Waals surface area contributed by atoms with Crippen LogP contribution in [-0.4, -0.2) is 34.3 Å². The smallest absolute Gasteiger partial charge is 0.308 e. The predicted octanol–water partition coefficient (Wildman–Crippen LogP) is 1.77. The monoisotopic (exact) mass is 248 g/mol. The zero-order chi connectivity index (χ0) is 11.6. The lowest BCUT2D eigenvalue weighted by Gasteiger charge is -2.26. The highest BCUT2D eigenvalue weighted by Gasteiger charge is 2.52. The first-order valence-corrected chi connectivity index (χ1v) is 6.85. The van der Waals surface area contributed by atoms with E-state index in [-0.39, 0.29) is 24.0 Å². The van der Waals surface area contributed by atoms with Gasteiger partial charge in [-0.2, -0.15) is 0 Å². The van der Waals surface area contributed by atoms with Crippen LogP contribution in [0.15, 0.2) is 11.4 Å². The largest absolute Gasteiger partial charge is 0.328 e. The van der Waals surface area contributed by atoms with E-state index in [0.717, 1.165) is 24.8 Å². The molecule has 17 heavy (non-hydrogen) atoms. The fourth-order valence-corrected chi connectivity index (χ4v) is 3.73. The Morgan fingerprint density at radius 1 is 1.29 bits per heavy atom. The maximum absolute atomic E-state index is 12.4. The molecule has 5 heteroatoms. The van der Waals surface area contributed by atoms with E-state index in [1.807, 2.05) is 11.4 Å². The molecular formula is C12H12N2O2S. The van der Waals surface area contributed by atoms with Crippen molar-refractivity contribution in [3.05, 3.63) is 21.9 Å². The van der Waals surface area contributed by atoms with Crippen molar-refractivity contribution in [2.45, 2.75) is 31.3 Å². The molecule has 1 saturated carbocycles. The highest BCUT2D eigenvalue weighted by Crippen LogP contribution is 2.42. The summed E-state index contributed by atoms with van der Waals surface area (Å²) in [5.74, 6) is -0.00292. The third-order valence-corrected chi connectivity index (χ3v) is 4.80. The quantitative estimate of drug-likeness (QED) is 0.711. The second-order valence-corrected chi connectivity index (χ2v) is 5.87. The third kappa shape index (κ3) is 1.17. The minimum atomic E-state index is -0.321. The summed E-state index contributed by atoms with van der Waals surface area (Å²) in [6.07, 6.45) is 2.85. The van der Waals surface area contributed by atoms with Crippen molar-refractivity contribution < 1.29 is 9.59 Å². The molecule has 1 atom stereocenters. The van der Waals surface area contributed by atoms with Gasteiger partial charge in [-0.15, -0.1) is 11.3 Å². The fourth-order valence-electron chi connectivity index (χ4n) is 2.82. The average molecular weight is 248 g/mol. The van der Waals surface area contributed by atoms with Crippen molar-refractivity contribution in [2.75, 3.05) is 6.54 Å². The second-order valence-electron chi connectivity index (χ2n) is 4.87. The molecule has 0 spiro atoms. The van der Waals surface area contributed by atoms with Gasteiger partial charge in [-0.05, 0) is 36.3 Å². The van der Waals surface area contributed by atoms with Crippen LogP contribution >= 0.6 is 11.3 Å². The van der Waals surface area contributed by atoms with E-state index in [1.54, 1.807) is 16.2 Å². The zero-order valence-electron chi connectivity index (χ0n) is 9.26. The molecule has 0 aromatic carbocycles. The summed E-state index contributed by atoms with van der Waals surface area (Å²) in [5.41, 5.74) is 1.06. The number of carbonyl (C=O) groups is 2. The normalized spacial score (nSPS) is 27.4. The number of thiophene rings is 1. The Bertz CT molecular complexity index is 520. The summed E-state index contributed by atoms with van der Waals surface area (Å²) < 4.78 is 0. The molecule has 4 rings (SSSR count). The van der Waals surface area contributed by atoms with Gasteiger partial charge in [0.2, 0.25) is 0 Å². The third-order valence-electron chi connectivity index (χ3n) is 3.80. The van der Waals surface area contributed by atoms with Gasteiger partial charge in [0, 0.05) is 17.5 Å². The predicted molar refractivity (Wildman–Crippen MR) is 62.7 cm³/mol. The standard InChI is InChI=1S/C12H12N2O2S/c15-11-10-8-4-6-17-9(8)3-5-13(10)12(16)14(11)7-1-2-7/h4,6-7,10H,1-3,5H2. The van der Waals surface area contributed by atoms with Crippen LogP contribution in [0.2, 0.25) is 0 Å². The van der Waals surface area contributed by atoms with Gasteiger partial charge in [0.1, 0.15) is 6.04 Å². The van der Waals surface area contributed by atoms with Crippen LogP contribution < -0.4 is 0 Å². The van der Waals surface area contributed by atoms with Crippen molar-refractivity contribution in [3.63, 3.8) is 0 Å². The lowest BCUT2D eigenvalue weighted by molar-refractivity contribution is -0.128. The van der Waals surface area contributed by atoms with Crippen molar-refractivity contribution in [1.82, 2.24) is 9.80 Å². The first kappa shape index (κ1) is 9.65. The summed E-state index contributed by atoms with van der Waals surface area (Å²) in [7, 11) is 0. The molecule has 2 fully saturated rings. The number of nitrogens with zero attached hydrogens (tertiary/aromatic N) is 2. The van der Waals surface area contributed by atoms with Crippen LogP contribution in [0.1, 0.15) is 29.3 Å². The van der Waals surface area contributed by atoms with E-state index in [4.69, 9.17) is 0 Å². The highest BCUT2D eigenvalue weighted by molar-refractivity contribution is 7.10. The van der Waals surface area contributed by atoms with Crippen molar-refractivity contribution in [1.29, 1.82) is 0 Å². The molecule has 1 unspecified atom stereocenters. The number of carbonyl (C=O) groups excluding carboxylic acids is 2. The Morgan fingerprint density at radius 3 is 2.88 bits per heavy atom. The molecule has 1 aliphatic carbocycles. The Morgan fingerprint density at radius 2 is 2.12 bits per heavy atom. The minimum Gasteiger partial charge on any atom is -0.308 e. The summed E-state index contributed by atoms with van der Waals surface area (Å²) in [6.45, 7) is 0.686. The number of hydrogen-bond donors (Lipinski definition) is 0. The number of amides is 3. The Hall–Kier alpha value is -1.36. The Labute approximate surface area is 103 Å². The summed E-state index contributed by atoms with van der Waals surface area (Å²) in [4.78, 5) is 29.1. The number of rotatable bonds is 1. The van der Waals surface area contributed by atoms with Crippen molar-refractivity contribution >= 4 is 23.3 Å². The maximum atomic E-state index is 12.4. The maximum Gasteiger partial charge on any atom is 0.328 e. The number of hydrogen-bond acceptors (Lipinski definition) is 3. The van der Waals surface area contributed by atoms with Gasteiger partial charge in [-0.25, -0.2) is 4.79 Å². The molecule has 1 aromatic rings. The Kier molecular flexibility index (Phi) is 1.76. The highest BCUT2D eigenvalue weighted by atomic mass is 32.1. The summed E-state index contributed by atoms with van der Waals surface area (Å²) in [6, 6.07) is 1.79. The average Bonchev–Trinajstić information content (AvgIpc) is 2.97. The van der Waals surface area contributed by atoms with Crippen LogP contribution in [0.25, 0.3) is 0 Å². The number of fused-ring (bicyclic) bond motifs is 3. The van der Waals surface area contributed by atoms with Gasteiger partial charge in [-0.3, -0.25) is 9.69 Å². The van der Waals surface area contributed by atoms with E-state index < -0.39 is 0 Å². The second kappa shape index (κ2) is 3.10. The van der Waals surface area contributed by atoms with E-state index in [0.29, 0.717) is 6.54 Å². The van der Waals surface area contributed by atoms with Gasteiger partial charge in [0.05, 0.1) is 0 Å². The lowest BCUT2D eigenvalue weighted by atomic mass is 10.0. The van der Waals surface area contributed by atoms with Crippen LogP contribution in [-0.2, 0) is 11.2 Å². The summed E-state index contributed by atoms with van der Waals surface area (Å²) in [5, 5.41) is 2.02. The first-order chi connectivity index (χ1) is 8.27. The van der Waals surface area contributed by atoms with Crippen LogP contribution in [0.4, 0.5) is 4.79 Å². The summed E-state index contributed by atoms with van der Waals surface area (Å²) >= 11 is 1.69. The molecular weight excluding hydrogens is 236 g/mol. The molecule has 3 amide bonds. The molecule has 2 aliphatic heterocycles. The molecule has 3 heterocycles. The van der Waals surface area contributed by atoms with E-state index >= 15 is 0 Å². The Balaban J connectivity index is 1.80. The zero-order valence-corrected chi connectivity index (χ0v) is 10.1. The lowest BCUT2D eigenvalue weighted by Crippen LogP contribution is -2.36. The number of urea groups is 1. The fraction of sp³-hybridized carbons (Fsp3) is 0.500. The number of imide groups is 1. The molecule has 0 N–H and O–H groups in total. The van der Waals surface area contributed by atoms with E-state index in [1.165, 1.54) is 9.78 Å². The first-order valence-electron chi connectivity index (χ1n) is 5.97. The van der Waals surface area contributed by atoms with Gasteiger partial charge in [0.15, 0.2) is 0 Å². The SMILES string of the molecule is O=C1C2c3ccsc3CCN2C(=O)N1C1CC1. The topological polar surface area (TPSA) is 40.6 Å². The molecule has 4 nitrogen and oxygen atoms in total. The molecule has 0 bridgehead atoms. The van der Waals surface area contributed by atoms with Gasteiger partial charge >= 0.3 is 6.03 Å². The van der Waals surface area contributed by atoms with Crippen LogP contribution in [0, 0.1) is 0 Å². The molecule has 1 saturated heterocycles. The van der Waals surface area contributed by atoms with Gasteiger partial charge in [0.25, 0.3) is 5.91 Å². The van der Waals surface area contributed by atoms with E-state index in [9.17, 15) is 9.59 Å². The van der Waals surface area contributed by atoms with Crippen molar-refractivity contribution in [2.24, 2.45) is 0 Å². The van der Waals surface area contributed by atoms with Gasteiger partial charge in [-0.1, -0.05) is 0 Å². The molecule has 0 radical (unpaired) electrons. The molecule has 1 aromatic heterocycles. The van der Waals surface area contributed by atoms with Crippen LogP contribution in [0.3, 0.4) is 0 Å². The minimum absolute atomic E-state index is 0.00292. The molecule has 3 aliphatic rings. The molecule has 88 valence electrons. The van der Waals surface area contributed by atoms with Crippen molar-refractivity contribution in [3.8, 4) is 0 Å². The van der Waals surface area contributed by atoms with E-state index in [2.05, 4.69) is 0 Å². The van der Waals surface area contributed by atoms with Crippen LogP contribution in [0.5, 0.6) is 0 Å².